The van der Waals surface area contributed by atoms with E-state index in [0.717, 1.165) is 5.69 Å². The van der Waals surface area contributed by atoms with Crippen molar-refractivity contribution in [2.75, 3.05) is 14.1 Å². The second-order valence-corrected chi connectivity index (χ2v) is 2.56. The summed E-state index contributed by atoms with van der Waals surface area (Å²) in [5.41, 5.74) is 6.33. The van der Waals surface area contributed by atoms with Crippen molar-refractivity contribution in [2.24, 2.45) is 10.7 Å². The van der Waals surface area contributed by atoms with Gasteiger partial charge in [-0.05, 0) is 0 Å². The van der Waals surface area contributed by atoms with Crippen LogP contribution >= 0.6 is 0 Å². The lowest BCUT2D eigenvalue weighted by atomic mass is 10.4. The highest BCUT2D eigenvalue weighted by Crippen LogP contribution is 1.96. The predicted molar refractivity (Wildman–Crippen MR) is 45.5 cm³/mol. The zero-order valence-electron chi connectivity index (χ0n) is 7.19. The van der Waals surface area contributed by atoms with Crippen LogP contribution in [-0.2, 0) is 6.54 Å². The second kappa shape index (κ2) is 3.75. The number of guanidine groups is 1. The molecule has 0 atom stereocenters. The van der Waals surface area contributed by atoms with Crippen LogP contribution in [0, 0.1) is 0 Å². The van der Waals surface area contributed by atoms with Crippen LogP contribution in [0.25, 0.3) is 0 Å². The molecule has 66 valence electrons. The average molecular weight is 168 g/mol. The largest absolute Gasteiger partial charge is 0.370 e. The number of aliphatic imine (C=N–C) groups is 1. The van der Waals surface area contributed by atoms with Crippen molar-refractivity contribution < 1.29 is 4.52 Å². The Kier molecular flexibility index (Phi) is 2.68. The van der Waals surface area contributed by atoms with Gasteiger partial charge in [-0.2, -0.15) is 0 Å². The normalized spacial score (nSPS) is 11.7. The number of aromatic nitrogens is 1. The molecule has 5 heteroatoms. The molecular weight excluding hydrogens is 156 g/mol. The van der Waals surface area contributed by atoms with Gasteiger partial charge >= 0.3 is 0 Å². The maximum Gasteiger partial charge on any atom is 0.191 e. The third-order valence-corrected chi connectivity index (χ3v) is 1.35. The van der Waals surface area contributed by atoms with Gasteiger partial charge in [0.15, 0.2) is 5.96 Å². The summed E-state index contributed by atoms with van der Waals surface area (Å²) in [6, 6.07) is 1.76. The fourth-order valence-corrected chi connectivity index (χ4v) is 0.623. The number of nitrogens with zero attached hydrogens (tertiary/aromatic N) is 3. The molecule has 12 heavy (non-hydrogen) atoms. The second-order valence-electron chi connectivity index (χ2n) is 2.56. The Balaban J connectivity index is 2.49. The van der Waals surface area contributed by atoms with E-state index in [9.17, 15) is 0 Å². The van der Waals surface area contributed by atoms with Crippen molar-refractivity contribution >= 4 is 5.96 Å². The van der Waals surface area contributed by atoms with Crippen LogP contribution in [0.15, 0.2) is 21.8 Å². The summed E-state index contributed by atoms with van der Waals surface area (Å²) in [6.45, 7) is 0.459. The van der Waals surface area contributed by atoms with Gasteiger partial charge < -0.3 is 15.2 Å². The zero-order chi connectivity index (χ0) is 8.97. The number of rotatable bonds is 2. The highest BCUT2D eigenvalue weighted by molar-refractivity contribution is 5.77. The van der Waals surface area contributed by atoms with Gasteiger partial charge in [0.25, 0.3) is 0 Å². The molecule has 0 aliphatic heterocycles. The van der Waals surface area contributed by atoms with Crippen molar-refractivity contribution in [2.45, 2.75) is 6.54 Å². The number of nitrogens with two attached hydrogens (primary N) is 1. The van der Waals surface area contributed by atoms with Crippen LogP contribution in [0.2, 0.25) is 0 Å². The van der Waals surface area contributed by atoms with Gasteiger partial charge in [-0.15, -0.1) is 0 Å². The Morgan fingerprint density at radius 3 is 3.00 bits per heavy atom. The van der Waals surface area contributed by atoms with Crippen molar-refractivity contribution in [1.29, 1.82) is 0 Å². The quantitative estimate of drug-likeness (QED) is 0.500. The maximum absolute atomic E-state index is 5.55. The van der Waals surface area contributed by atoms with Gasteiger partial charge in [0.05, 0.1) is 6.54 Å². The van der Waals surface area contributed by atoms with E-state index in [1.54, 1.807) is 11.0 Å². The van der Waals surface area contributed by atoms with Crippen molar-refractivity contribution in [3.8, 4) is 0 Å². The molecule has 0 saturated heterocycles. The van der Waals surface area contributed by atoms with E-state index in [2.05, 4.69) is 14.7 Å². The van der Waals surface area contributed by atoms with Gasteiger partial charge in [0, 0.05) is 20.2 Å². The van der Waals surface area contributed by atoms with Gasteiger partial charge in [-0.1, -0.05) is 5.16 Å². The minimum absolute atomic E-state index is 0.459. The first-order valence-corrected chi connectivity index (χ1v) is 3.56. The van der Waals surface area contributed by atoms with Crippen LogP contribution in [-0.4, -0.2) is 30.1 Å². The lowest BCUT2D eigenvalue weighted by molar-refractivity contribution is 0.412. The summed E-state index contributed by atoms with van der Waals surface area (Å²) in [7, 11) is 3.67. The molecule has 0 radical (unpaired) electrons. The van der Waals surface area contributed by atoms with Crippen LogP contribution in [0.1, 0.15) is 5.69 Å². The Labute approximate surface area is 70.9 Å². The summed E-state index contributed by atoms with van der Waals surface area (Å²) in [4.78, 5) is 5.80. The molecule has 0 saturated carbocycles. The monoisotopic (exact) mass is 168 g/mol. The number of hydrogen-bond donors (Lipinski definition) is 1. The summed E-state index contributed by atoms with van der Waals surface area (Å²) in [5.74, 6) is 0.484. The Hall–Kier alpha value is -1.52. The summed E-state index contributed by atoms with van der Waals surface area (Å²) in [5, 5.41) is 3.69. The molecule has 1 rings (SSSR count). The Morgan fingerprint density at radius 1 is 1.75 bits per heavy atom. The molecule has 0 bridgehead atoms. The van der Waals surface area contributed by atoms with E-state index in [1.807, 2.05) is 14.1 Å². The molecule has 0 amide bonds. The standard InChI is InChI=1S/C7H12N4O/c1-11(2)7(8)9-5-6-3-4-12-10-6/h3-4H,5H2,1-2H3,(H2,8,9). The van der Waals surface area contributed by atoms with Gasteiger partial charge in [0.1, 0.15) is 12.0 Å². The summed E-state index contributed by atoms with van der Waals surface area (Å²) < 4.78 is 4.63. The highest BCUT2D eigenvalue weighted by atomic mass is 16.5. The van der Waals surface area contributed by atoms with Crippen LogP contribution in [0.5, 0.6) is 0 Å². The molecule has 0 spiro atoms. The van der Waals surface area contributed by atoms with E-state index < -0.39 is 0 Å². The fourth-order valence-electron chi connectivity index (χ4n) is 0.623. The lowest BCUT2D eigenvalue weighted by Gasteiger charge is -2.09. The van der Waals surface area contributed by atoms with E-state index in [0.29, 0.717) is 12.5 Å². The zero-order valence-corrected chi connectivity index (χ0v) is 7.19. The minimum atomic E-state index is 0.459. The lowest BCUT2D eigenvalue weighted by Crippen LogP contribution is -2.30. The summed E-state index contributed by atoms with van der Waals surface area (Å²) >= 11 is 0. The maximum atomic E-state index is 5.55. The van der Waals surface area contributed by atoms with Crippen LogP contribution in [0.3, 0.4) is 0 Å². The molecule has 1 heterocycles. The third-order valence-electron chi connectivity index (χ3n) is 1.35. The molecular formula is C7H12N4O. The minimum Gasteiger partial charge on any atom is -0.370 e. The molecule has 0 aliphatic rings. The fraction of sp³-hybridized carbons (Fsp3) is 0.429. The first kappa shape index (κ1) is 8.58. The van der Waals surface area contributed by atoms with Crippen molar-refractivity contribution in [1.82, 2.24) is 10.1 Å². The summed E-state index contributed by atoms with van der Waals surface area (Å²) in [6.07, 6.45) is 1.51. The smallest absolute Gasteiger partial charge is 0.191 e. The SMILES string of the molecule is CN(C)C(N)=NCc1ccon1. The third kappa shape index (κ3) is 2.26. The van der Waals surface area contributed by atoms with Gasteiger partial charge in [0.2, 0.25) is 0 Å². The first-order valence-electron chi connectivity index (χ1n) is 3.56. The highest BCUT2D eigenvalue weighted by Gasteiger charge is 1.96. The molecule has 0 aromatic carbocycles. The number of hydrogen-bond acceptors (Lipinski definition) is 3. The van der Waals surface area contributed by atoms with E-state index in [1.165, 1.54) is 6.26 Å². The average Bonchev–Trinajstić information content (AvgIpc) is 2.51. The van der Waals surface area contributed by atoms with Crippen molar-refractivity contribution in [3.63, 3.8) is 0 Å². The van der Waals surface area contributed by atoms with E-state index in [-0.39, 0.29) is 0 Å². The molecule has 1 aromatic heterocycles. The predicted octanol–water partition coefficient (Wildman–Crippen LogP) is 0.0509. The van der Waals surface area contributed by atoms with Gasteiger partial charge in [-0.25, -0.2) is 4.99 Å². The van der Waals surface area contributed by atoms with E-state index >= 15 is 0 Å². The molecule has 0 fully saturated rings. The van der Waals surface area contributed by atoms with Crippen LogP contribution < -0.4 is 5.73 Å². The van der Waals surface area contributed by atoms with Crippen molar-refractivity contribution in [3.05, 3.63) is 18.0 Å². The molecule has 0 aliphatic carbocycles. The topological polar surface area (TPSA) is 67.7 Å². The van der Waals surface area contributed by atoms with Gasteiger partial charge in [-0.3, -0.25) is 0 Å². The Bertz CT molecular complexity index is 252. The first-order chi connectivity index (χ1) is 5.70. The van der Waals surface area contributed by atoms with Crippen LogP contribution in [0.4, 0.5) is 0 Å². The Morgan fingerprint density at radius 2 is 2.50 bits per heavy atom. The molecule has 5 nitrogen and oxygen atoms in total. The molecule has 1 aromatic rings. The molecule has 0 unspecified atom stereocenters. The molecule has 2 N–H and O–H groups in total. The van der Waals surface area contributed by atoms with E-state index in [4.69, 9.17) is 5.73 Å².